The quantitative estimate of drug-likeness (QED) is 0.260. The summed E-state index contributed by atoms with van der Waals surface area (Å²) in [6, 6.07) is 27.2. The summed E-state index contributed by atoms with van der Waals surface area (Å²) in [5.74, 6) is 0. The summed E-state index contributed by atoms with van der Waals surface area (Å²) >= 11 is 0. The highest BCUT2D eigenvalue weighted by atomic mass is 15.0. The van der Waals surface area contributed by atoms with E-state index in [0.29, 0.717) is 0 Å². The van der Waals surface area contributed by atoms with Crippen molar-refractivity contribution in [1.29, 1.82) is 0 Å². The molecule has 2 aliphatic rings. The normalized spacial score (nSPS) is 21.0. The Bertz CT molecular complexity index is 1660. The lowest BCUT2D eigenvalue weighted by atomic mass is 9.59. The maximum atomic E-state index is 5.34. The number of hydrogen-bond donors (Lipinski definition) is 0. The van der Waals surface area contributed by atoms with Crippen LogP contribution in [0.3, 0.4) is 0 Å². The van der Waals surface area contributed by atoms with E-state index < -0.39 is 0 Å². The molecule has 1 saturated carbocycles. The highest BCUT2D eigenvalue weighted by molar-refractivity contribution is 5.99. The van der Waals surface area contributed by atoms with Gasteiger partial charge in [-0.25, -0.2) is 4.98 Å². The summed E-state index contributed by atoms with van der Waals surface area (Å²) in [4.78, 5) is 5.34. The lowest BCUT2D eigenvalue weighted by Crippen LogP contribution is -2.42. The molecule has 2 aliphatic carbocycles. The lowest BCUT2D eigenvalue weighted by molar-refractivity contribution is 0.125. The second-order valence-corrected chi connectivity index (χ2v) is 12.6. The third-order valence-electron chi connectivity index (χ3n) is 10.6. The maximum absolute atomic E-state index is 5.34. The zero-order valence-corrected chi connectivity index (χ0v) is 21.7. The molecule has 0 bridgehead atoms. The van der Waals surface area contributed by atoms with Crippen LogP contribution in [0.5, 0.6) is 0 Å². The van der Waals surface area contributed by atoms with Crippen LogP contribution in [0.2, 0.25) is 0 Å². The highest BCUT2D eigenvalue weighted by Gasteiger charge is 2.57. The predicted octanol–water partition coefficient (Wildman–Crippen LogP) is 8.32. The Hall–Kier alpha value is -3.13. The van der Waals surface area contributed by atoms with Crippen LogP contribution >= 0.6 is 0 Å². The van der Waals surface area contributed by atoms with Gasteiger partial charge in [0.25, 0.3) is 0 Å². The van der Waals surface area contributed by atoms with Gasteiger partial charge in [0.15, 0.2) is 0 Å². The SMILES string of the molecule is CC1(C)c2cc3nc4c5ccccc5cc(C5(c6ccccc6)CC5)n4c3cc2C(C)(C)C1(C)C. The van der Waals surface area contributed by atoms with Crippen molar-refractivity contribution in [2.45, 2.75) is 70.6 Å². The van der Waals surface area contributed by atoms with Crippen LogP contribution in [-0.4, -0.2) is 9.38 Å². The van der Waals surface area contributed by atoms with Gasteiger partial charge < -0.3 is 0 Å². The van der Waals surface area contributed by atoms with Crippen LogP contribution < -0.4 is 0 Å². The Balaban J connectivity index is 1.63. The molecule has 0 N–H and O–H groups in total. The molecule has 35 heavy (non-hydrogen) atoms. The molecule has 5 aromatic rings. The first-order chi connectivity index (χ1) is 16.6. The van der Waals surface area contributed by atoms with Gasteiger partial charge in [0.1, 0.15) is 5.65 Å². The van der Waals surface area contributed by atoms with Crippen LogP contribution in [0.15, 0.2) is 72.8 Å². The van der Waals surface area contributed by atoms with E-state index in [1.807, 2.05) is 0 Å². The van der Waals surface area contributed by atoms with Crippen LogP contribution in [0, 0.1) is 5.41 Å². The molecule has 7 rings (SSSR count). The first kappa shape index (κ1) is 21.2. The van der Waals surface area contributed by atoms with Crippen molar-refractivity contribution >= 4 is 27.5 Å². The number of nitrogens with zero attached hydrogens (tertiary/aromatic N) is 2. The van der Waals surface area contributed by atoms with Crippen molar-refractivity contribution in [3.8, 4) is 0 Å². The lowest BCUT2D eigenvalue weighted by Gasteiger charge is -2.44. The largest absolute Gasteiger partial charge is 0.295 e. The molecule has 2 nitrogen and oxygen atoms in total. The Morgan fingerprint density at radius 2 is 1.34 bits per heavy atom. The van der Waals surface area contributed by atoms with Gasteiger partial charge in [0.2, 0.25) is 0 Å². The van der Waals surface area contributed by atoms with Gasteiger partial charge in [0, 0.05) is 16.5 Å². The van der Waals surface area contributed by atoms with Crippen LogP contribution in [0.25, 0.3) is 27.5 Å². The molecule has 0 radical (unpaired) electrons. The van der Waals surface area contributed by atoms with E-state index in [1.54, 1.807) is 0 Å². The fourth-order valence-corrected chi connectivity index (χ4v) is 7.00. The minimum absolute atomic E-state index is 0.0598. The van der Waals surface area contributed by atoms with Crippen LogP contribution in [-0.2, 0) is 16.2 Å². The fraction of sp³-hybridized carbons (Fsp3) is 0.364. The van der Waals surface area contributed by atoms with E-state index in [1.165, 1.54) is 51.5 Å². The van der Waals surface area contributed by atoms with E-state index in [2.05, 4.69) is 119 Å². The van der Waals surface area contributed by atoms with E-state index in [0.717, 1.165) is 11.2 Å². The first-order valence-electron chi connectivity index (χ1n) is 13.0. The Kier molecular flexibility index (Phi) is 3.84. The van der Waals surface area contributed by atoms with E-state index >= 15 is 0 Å². The van der Waals surface area contributed by atoms with Crippen molar-refractivity contribution in [1.82, 2.24) is 9.38 Å². The number of rotatable bonds is 2. The van der Waals surface area contributed by atoms with Gasteiger partial charge in [-0.1, -0.05) is 96.1 Å². The summed E-state index contributed by atoms with van der Waals surface area (Å²) in [5.41, 5.74) is 9.54. The van der Waals surface area contributed by atoms with Crippen molar-refractivity contribution in [3.05, 3.63) is 95.2 Å². The number of aromatic nitrogens is 2. The summed E-state index contributed by atoms with van der Waals surface area (Å²) in [6.45, 7) is 14.6. The first-order valence-corrected chi connectivity index (χ1v) is 13.0. The van der Waals surface area contributed by atoms with Gasteiger partial charge in [-0.05, 0) is 69.4 Å². The molecular weight excluding hydrogens is 424 g/mol. The second-order valence-electron chi connectivity index (χ2n) is 12.6. The molecule has 0 amide bonds. The zero-order chi connectivity index (χ0) is 24.4. The van der Waals surface area contributed by atoms with Crippen molar-refractivity contribution in [2.24, 2.45) is 5.41 Å². The number of fused-ring (bicyclic) bond motifs is 6. The molecule has 176 valence electrons. The van der Waals surface area contributed by atoms with Crippen LogP contribution in [0.4, 0.5) is 0 Å². The van der Waals surface area contributed by atoms with Gasteiger partial charge in [-0.2, -0.15) is 0 Å². The average Bonchev–Trinajstić information content (AvgIpc) is 3.55. The zero-order valence-electron chi connectivity index (χ0n) is 21.7. The van der Waals surface area contributed by atoms with E-state index in [9.17, 15) is 0 Å². The third kappa shape index (κ3) is 2.43. The molecule has 0 spiro atoms. The Morgan fingerprint density at radius 3 is 2.03 bits per heavy atom. The van der Waals surface area contributed by atoms with E-state index in [4.69, 9.17) is 4.98 Å². The molecule has 0 unspecified atom stereocenters. The molecule has 3 aromatic carbocycles. The topological polar surface area (TPSA) is 17.3 Å². The Morgan fingerprint density at radius 1 is 0.714 bits per heavy atom. The third-order valence-corrected chi connectivity index (χ3v) is 10.6. The number of pyridine rings is 1. The molecule has 2 aromatic heterocycles. The molecule has 2 heteroatoms. The fourth-order valence-electron chi connectivity index (χ4n) is 7.00. The van der Waals surface area contributed by atoms with E-state index in [-0.39, 0.29) is 21.7 Å². The highest BCUT2D eigenvalue weighted by Crippen LogP contribution is 2.62. The van der Waals surface area contributed by atoms with Gasteiger partial charge in [-0.3, -0.25) is 4.40 Å². The van der Waals surface area contributed by atoms with Gasteiger partial charge in [0.05, 0.1) is 11.0 Å². The summed E-state index contributed by atoms with van der Waals surface area (Å²) in [5, 5.41) is 2.51. The standard InChI is InChI=1S/C33H34N2/c1-30(2)24-19-26-27(20-25(24)31(3,4)32(30,5)6)35-28(33(16-17-33)22-13-8-7-9-14-22)18-21-12-10-11-15-23(21)29(35)34-26/h7-15,18-20H,16-17H2,1-6H3. The summed E-state index contributed by atoms with van der Waals surface area (Å²) in [7, 11) is 0. The number of imidazole rings is 1. The number of hydrogen-bond acceptors (Lipinski definition) is 1. The molecule has 0 atom stereocenters. The second kappa shape index (κ2) is 6.35. The molecule has 0 aliphatic heterocycles. The van der Waals surface area contributed by atoms with Crippen LogP contribution in [0.1, 0.15) is 76.8 Å². The monoisotopic (exact) mass is 458 g/mol. The minimum Gasteiger partial charge on any atom is -0.295 e. The molecule has 2 heterocycles. The molecule has 0 saturated heterocycles. The van der Waals surface area contributed by atoms with Crippen molar-refractivity contribution < 1.29 is 0 Å². The minimum atomic E-state index is 0.0598. The summed E-state index contributed by atoms with van der Waals surface area (Å²) in [6.07, 6.45) is 2.36. The molecular formula is C33H34N2. The predicted molar refractivity (Wildman–Crippen MR) is 146 cm³/mol. The average molecular weight is 459 g/mol. The van der Waals surface area contributed by atoms with Crippen molar-refractivity contribution in [2.75, 3.05) is 0 Å². The number of benzene rings is 3. The Labute approximate surface area is 208 Å². The maximum Gasteiger partial charge on any atom is 0.146 e. The van der Waals surface area contributed by atoms with Gasteiger partial charge >= 0.3 is 0 Å². The smallest absolute Gasteiger partial charge is 0.146 e. The van der Waals surface area contributed by atoms with Crippen molar-refractivity contribution in [3.63, 3.8) is 0 Å². The summed E-state index contributed by atoms with van der Waals surface area (Å²) < 4.78 is 2.51. The van der Waals surface area contributed by atoms with Gasteiger partial charge in [-0.15, -0.1) is 0 Å². The molecule has 1 fully saturated rings.